The average Bonchev–Trinajstić information content (AvgIpc) is 3.89. The van der Waals surface area contributed by atoms with Crippen LogP contribution >= 0.6 is 23.6 Å². The monoisotopic (exact) mass is 931 g/mol. The average molecular weight is 932 g/mol. The smallest absolute Gasteiger partial charge is 0.408 e. The molecule has 1 fully saturated rings. The number of benzene rings is 1. The van der Waals surface area contributed by atoms with Crippen molar-refractivity contribution >= 4 is 76.2 Å². The van der Waals surface area contributed by atoms with Gasteiger partial charge in [-0.2, -0.15) is 0 Å². The highest BCUT2D eigenvalue weighted by molar-refractivity contribution is 7.80. The van der Waals surface area contributed by atoms with E-state index in [2.05, 4.69) is 31.6 Å². The number of amides is 5. The van der Waals surface area contributed by atoms with Crippen LogP contribution in [0.1, 0.15) is 109 Å². The van der Waals surface area contributed by atoms with Gasteiger partial charge in [0.15, 0.2) is 5.69 Å². The van der Waals surface area contributed by atoms with Gasteiger partial charge in [0, 0.05) is 32.2 Å². The predicted molar refractivity (Wildman–Crippen MR) is 239 cm³/mol. The van der Waals surface area contributed by atoms with Gasteiger partial charge in [-0.3, -0.25) is 28.8 Å². The number of carboxylic acid groups (broad SMARTS) is 1. The molecule has 2 aromatic rings. The van der Waals surface area contributed by atoms with Crippen molar-refractivity contribution in [3.05, 3.63) is 52.0 Å². The minimum atomic E-state index is -1.53. The van der Waals surface area contributed by atoms with Crippen molar-refractivity contribution in [3.63, 3.8) is 0 Å². The number of carbonyl (C=O) groups is 8. The number of ether oxygens (including phenoxy) is 3. The molecule has 1 aliphatic rings. The molecule has 2 heterocycles. The maximum absolute atomic E-state index is 14.4. The number of carboxylic acids is 1. The summed E-state index contributed by atoms with van der Waals surface area (Å²) >= 11 is 6.86. The SMILES string of the molecule is CC(=O)OC[C@H](NC(=S)[C@@H]1CCCN1C(=O)[C@@H](NC(=O)[C@@H](NC(=O)[C@@H](Cc1ccccc1)NC(=O)OC(C)(C)C)[C@H](C)OC(C)=O)C(C)C)C(=O)N[C@@H](c1nc(C(=O)O)cs1)C(C)C. The summed E-state index contributed by atoms with van der Waals surface area (Å²) in [4.78, 5) is 110. The third-order valence-electron chi connectivity index (χ3n) is 9.82. The number of alkyl carbamates (subject to hydrolysis) is 1. The first-order chi connectivity index (χ1) is 29.9. The Kier molecular flexibility index (Phi) is 19.6. The molecular formula is C43H61N7O12S2. The number of hydrogen-bond acceptors (Lipinski definition) is 14. The van der Waals surface area contributed by atoms with Crippen molar-refractivity contribution in [2.75, 3.05) is 13.2 Å². The number of nitrogens with zero attached hydrogens (tertiary/aromatic N) is 2. The molecule has 1 aliphatic heterocycles. The zero-order valence-corrected chi connectivity index (χ0v) is 39.5. The van der Waals surface area contributed by atoms with Gasteiger partial charge >= 0.3 is 24.0 Å². The summed E-state index contributed by atoms with van der Waals surface area (Å²) in [7, 11) is 0. The van der Waals surface area contributed by atoms with Gasteiger partial charge in [-0.1, -0.05) is 70.2 Å². The molecule has 1 saturated heterocycles. The highest BCUT2D eigenvalue weighted by Crippen LogP contribution is 2.26. The molecule has 7 atom stereocenters. The van der Waals surface area contributed by atoms with E-state index in [0.717, 1.165) is 18.3 Å². The number of carbonyl (C=O) groups excluding carboxylic acids is 7. The molecule has 1 aromatic carbocycles. The molecule has 0 saturated carbocycles. The third-order valence-corrected chi connectivity index (χ3v) is 11.1. The molecule has 21 heteroatoms. The second-order valence-corrected chi connectivity index (χ2v) is 18.4. The molecule has 0 spiro atoms. The summed E-state index contributed by atoms with van der Waals surface area (Å²) in [6, 6.07) is 2.21. The van der Waals surface area contributed by atoms with Crippen molar-refractivity contribution in [2.24, 2.45) is 11.8 Å². The number of esters is 2. The van der Waals surface area contributed by atoms with Gasteiger partial charge in [0.25, 0.3) is 0 Å². The first-order valence-corrected chi connectivity index (χ1v) is 22.2. The number of thiocarbonyl (C=S) groups is 1. The highest BCUT2D eigenvalue weighted by atomic mass is 32.1. The van der Waals surface area contributed by atoms with Crippen molar-refractivity contribution in [3.8, 4) is 0 Å². The molecule has 5 amide bonds. The number of aromatic carboxylic acids is 1. The number of thiazole rings is 1. The lowest BCUT2D eigenvalue weighted by Gasteiger charge is -2.34. The molecule has 0 aliphatic carbocycles. The molecule has 1 aromatic heterocycles. The lowest BCUT2D eigenvalue weighted by atomic mass is 10.0. The minimum absolute atomic E-state index is 0.0147. The summed E-state index contributed by atoms with van der Waals surface area (Å²) in [5, 5.41) is 24.9. The minimum Gasteiger partial charge on any atom is -0.476 e. The largest absolute Gasteiger partial charge is 0.476 e. The molecule has 19 nitrogen and oxygen atoms in total. The Morgan fingerprint density at radius 3 is 2.02 bits per heavy atom. The summed E-state index contributed by atoms with van der Waals surface area (Å²) < 4.78 is 16.0. The number of nitrogens with one attached hydrogen (secondary N) is 5. The van der Waals surface area contributed by atoms with E-state index >= 15 is 0 Å². The van der Waals surface area contributed by atoms with Gasteiger partial charge < -0.3 is 50.8 Å². The van der Waals surface area contributed by atoms with Crippen LogP contribution in [0.25, 0.3) is 0 Å². The maximum atomic E-state index is 14.4. The Balaban J connectivity index is 1.85. The second-order valence-electron chi connectivity index (χ2n) is 17.1. The van der Waals surface area contributed by atoms with Crippen LogP contribution < -0.4 is 26.6 Å². The Bertz CT molecular complexity index is 2010. The molecule has 0 unspecified atom stereocenters. The van der Waals surface area contributed by atoms with Gasteiger partial charge in [-0.05, 0) is 57.9 Å². The van der Waals surface area contributed by atoms with E-state index in [-0.39, 0.29) is 29.6 Å². The normalized spacial score (nSPS) is 16.6. The van der Waals surface area contributed by atoms with E-state index in [9.17, 15) is 43.5 Å². The molecule has 3 rings (SSSR count). The van der Waals surface area contributed by atoms with E-state index in [1.54, 1.807) is 65.0 Å². The first kappa shape index (κ1) is 52.6. The summed E-state index contributed by atoms with van der Waals surface area (Å²) in [6.45, 7) is 15.6. The van der Waals surface area contributed by atoms with Gasteiger partial charge in [0.1, 0.15) is 47.5 Å². The van der Waals surface area contributed by atoms with Crippen LogP contribution in [0, 0.1) is 11.8 Å². The molecule has 0 radical (unpaired) electrons. The number of rotatable bonds is 20. The fourth-order valence-electron chi connectivity index (χ4n) is 6.67. The van der Waals surface area contributed by atoms with Gasteiger partial charge in [0.05, 0.1) is 17.1 Å². The Morgan fingerprint density at radius 1 is 0.844 bits per heavy atom. The van der Waals surface area contributed by atoms with E-state index in [1.807, 2.05) is 13.8 Å². The van der Waals surface area contributed by atoms with E-state index in [4.69, 9.17) is 26.4 Å². The Morgan fingerprint density at radius 2 is 1.47 bits per heavy atom. The van der Waals surface area contributed by atoms with Crippen LogP contribution in [0.4, 0.5) is 4.79 Å². The quantitative estimate of drug-likeness (QED) is 0.0633. The zero-order valence-electron chi connectivity index (χ0n) is 37.8. The first-order valence-electron chi connectivity index (χ1n) is 20.9. The molecular weight excluding hydrogens is 871 g/mol. The number of likely N-dealkylation sites (tertiary alicyclic amines) is 1. The Labute approximate surface area is 382 Å². The molecule has 6 N–H and O–H groups in total. The third kappa shape index (κ3) is 16.1. The van der Waals surface area contributed by atoms with Crippen LogP contribution in [0.15, 0.2) is 35.7 Å². The second kappa shape index (κ2) is 23.8. The summed E-state index contributed by atoms with van der Waals surface area (Å²) in [5.41, 5.74) is -0.361. The van der Waals surface area contributed by atoms with Crippen LogP contribution in [0.5, 0.6) is 0 Å². The highest BCUT2D eigenvalue weighted by Gasteiger charge is 2.41. The lowest BCUT2D eigenvalue weighted by Crippen LogP contribution is -2.62. The fourth-order valence-corrected chi connectivity index (χ4v) is 8.08. The van der Waals surface area contributed by atoms with E-state index in [1.165, 1.54) is 24.1 Å². The van der Waals surface area contributed by atoms with Crippen molar-refractivity contribution < 1.29 is 57.7 Å². The summed E-state index contributed by atoms with van der Waals surface area (Å²) in [5.74, 6) is -6.13. The lowest BCUT2D eigenvalue weighted by molar-refractivity contribution is -0.151. The van der Waals surface area contributed by atoms with Crippen LogP contribution in [0.2, 0.25) is 0 Å². The van der Waals surface area contributed by atoms with Crippen molar-refractivity contribution in [1.29, 1.82) is 0 Å². The fraction of sp³-hybridized carbons (Fsp3) is 0.581. The van der Waals surface area contributed by atoms with Gasteiger partial charge in [-0.15, -0.1) is 11.3 Å². The molecule has 0 bridgehead atoms. The van der Waals surface area contributed by atoms with Crippen LogP contribution in [0.3, 0.4) is 0 Å². The zero-order chi connectivity index (χ0) is 48.1. The van der Waals surface area contributed by atoms with E-state index in [0.29, 0.717) is 23.4 Å². The predicted octanol–water partition coefficient (Wildman–Crippen LogP) is 3.21. The van der Waals surface area contributed by atoms with Crippen molar-refractivity contribution in [1.82, 2.24) is 36.5 Å². The topological polar surface area (TPSA) is 261 Å². The van der Waals surface area contributed by atoms with Gasteiger partial charge in [0.2, 0.25) is 23.6 Å². The van der Waals surface area contributed by atoms with E-state index < -0.39 is 108 Å². The molecule has 352 valence electrons. The summed E-state index contributed by atoms with van der Waals surface area (Å²) in [6.07, 6.45) is -1.19. The number of aromatic nitrogens is 1. The maximum Gasteiger partial charge on any atom is 0.408 e. The molecule has 64 heavy (non-hydrogen) atoms. The van der Waals surface area contributed by atoms with Gasteiger partial charge in [-0.25, -0.2) is 14.6 Å². The standard InChI is InChI=1S/C43H61N7O12S2/c1-22(2)32(39-45-30(21-64-39)41(57)58)47-36(54)29(20-60-25(6)51)44-38(63)31-17-14-18-50(31)40(56)33(23(3)4)48-37(55)34(24(5)61-26(7)52)49-35(53)28(19-27-15-12-11-13-16-27)46-42(59)62-43(8,9)10/h11-13,15-16,21-24,28-29,31-34H,14,17-20H2,1-10H3,(H,44,63)(H,46,59)(H,47,54)(H,48,55)(H,49,53)(H,57,58)/t24-,28+,29-,31-,32+,33-,34-/m0/s1. The van der Waals surface area contributed by atoms with Crippen LogP contribution in [-0.4, -0.2) is 123 Å². The Hall–Kier alpha value is -5.70. The van der Waals surface area contributed by atoms with Crippen molar-refractivity contribution in [2.45, 2.75) is 136 Å². The van der Waals surface area contributed by atoms with Crippen LogP contribution in [-0.2, 0) is 49.4 Å². The number of hydrogen-bond donors (Lipinski definition) is 6.